The Bertz CT molecular complexity index is 1310. The molecule has 0 radical (unpaired) electrons. The van der Waals surface area contributed by atoms with Crippen molar-refractivity contribution in [2.45, 2.75) is 52.5 Å². The Morgan fingerprint density at radius 2 is 1.81 bits per heavy atom. The van der Waals surface area contributed by atoms with Crippen molar-refractivity contribution in [3.8, 4) is 5.69 Å². The summed E-state index contributed by atoms with van der Waals surface area (Å²) in [7, 11) is 1.69. The van der Waals surface area contributed by atoms with Crippen LogP contribution in [0.5, 0.6) is 0 Å². The SMILES string of the molecule is Cc1c(NC(=O)COC(=O)CN2C(=O)N[C@@]3(C[C@@H](C)CC(C)(C)C3)C2=O)c(=O)n(-c2ccccc2)n1C. The average Bonchev–Trinajstić information content (AvgIpc) is 3.15. The summed E-state index contributed by atoms with van der Waals surface area (Å²) in [4.78, 5) is 64.5. The number of ether oxygens (including phenoxy) is 1. The van der Waals surface area contributed by atoms with Gasteiger partial charge in [-0.25, -0.2) is 9.48 Å². The van der Waals surface area contributed by atoms with Crippen molar-refractivity contribution >= 4 is 29.5 Å². The molecule has 1 aliphatic heterocycles. The van der Waals surface area contributed by atoms with Gasteiger partial charge < -0.3 is 15.4 Å². The van der Waals surface area contributed by atoms with E-state index in [2.05, 4.69) is 24.5 Å². The molecule has 11 heteroatoms. The van der Waals surface area contributed by atoms with Crippen LogP contribution in [0.2, 0.25) is 0 Å². The molecule has 2 aromatic rings. The molecule has 2 N–H and O–H groups in total. The van der Waals surface area contributed by atoms with E-state index < -0.39 is 48.1 Å². The number of anilines is 1. The van der Waals surface area contributed by atoms with Crippen molar-refractivity contribution in [3.63, 3.8) is 0 Å². The third-order valence-corrected chi connectivity index (χ3v) is 7.09. The van der Waals surface area contributed by atoms with E-state index in [1.165, 1.54) is 4.68 Å². The first-order valence-electron chi connectivity index (χ1n) is 12.3. The Morgan fingerprint density at radius 1 is 1.14 bits per heavy atom. The normalized spacial score (nSPS) is 22.7. The van der Waals surface area contributed by atoms with Crippen LogP contribution >= 0.6 is 0 Å². The Balaban J connectivity index is 1.37. The molecule has 1 aliphatic carbocycles. The summed E-state index contributed by atoms with van der Waals surface area (Å²) in [6.45, 7) is 6.57. The molecule has 37 heavy (non-hydrogen) atoms. The van der Waals surface area contributed by atoms with Crippen molar-refractivity contribution in [3.05, 3.63) is 46.4 Å². The number of rotatable bonds is 6. The second-order valence-corrected chi connectivity index (χ2v) is 10.9. The van der Waals surface area contributed by atoms with Gasteiger partial charge >= 0.3 is 12.0 Å². The summed E-state index contributed by atoms with van der Waals surface area (Å²) in [6, 6.07) is 8.32. The minimum atomic E-state index is -1.03. The molecular weight excluding hydrogens is 478 g/mol. The molecule has 1 saturated heterocycles. The van der Waals surface area contributed by atoms with Crippen LogP contribution < -0.4 is 16.2 Å². The molecule has 1 saturated carbocycles. The lowest BCUT2D eigenvalue weighted by atomic mass is 9.64. The molecule has 2 atom stereocenters. The largest absolute Gasteiger partial charge is 0.454 e. The maximum absolute atomic E-state index is 13.2. The summed E-state index contributed by atoms with van der Waals surface area (Å²) in [5.41, 5.74) is -0.379. The van der Waals surface area contributed by atoms with E-state index in [0.717, 1.165) is 11.3 Å². The van der Waals surface area contributed by atoms with E-state index in [-0.39, 0.29) is 17.0 Å². The van der Waals surface area contributed by atoms with Crippen LogP contribution in [0, 0.1) is 18.3 Å². The summed E-state index contributed by atoms with van der Waals surface area (Å²) < 4.78 is 8.06. The number of imide groups is 1. The number of nitrogens with one attached hydrogen (secondary N) is 2. The number of para-hydroxylation sites is 1. The summed E-state index contributed by atoms with van der Waals surface area (Å²) in [6.07, 6.45) is 1.93. The first-order chi connectivity index (χ1) is 17.3. The highest BCUT2D eigenvalue weighted by molar-refractivity contribution is 6.09. The molecular formula is C26H33N5O6. The highest BCUT2D eigenvalue weighted by atomic mass is 16.5. The van der Waals surface area contributed by atoms with Crippen LogP contribution in [0.3, 0.4) is 0 Å². The van der Waals surface area contributed by atoms with E-state index in [1.54, 1.807) is 42.9 Å². The molecule has 1 aromatic heterocycles. The first-order valence-corrected chi connectivity index (χ1v) is 12.3. The maximum atomic E-state index is 13.2. The monoisotopic (exact) mass is 511 g/mol. The van der Waals surface area contributed by atoms with Crippen molar-refractivity contribution in [2.75, 3.05) is 18.5 Å². The zero-order valence-corrected chi connectivity index (χ0v) is 21.8. The summed E-state index contributed by atoms with van der Waals surface area (Å²) in [5, 5.41) is 5.31. The third kappa shape index (κ3) is 5.03. The summed E-state index contributed by atoms with van der Waals surface area (Å²) in [5.74, 6) is -1.82. The number of esters is 1. The number of carbonyl (C=O) groups is 4. The molecule has 4 amide bonds. The van der Waals surface area contributed by atoms with E-state index in [4.69, 9.17) is 4.74 Å². The van der Waals surface area contributed by atoms with Crippen LogP contribution in [0.25, 0.3) is 5.69 Å². The number of benzene rings is 1. The van der Waals surface area contributed by atoms with Gasteiger partial charge in [0.05, 0.1) is 11.4 Å². The highest BCUT2D eigenvalue weighted by Crippen LogP contribution is 2.46. The van der Waals surface area contributed by atoms with Crippen molar-refractivity contribution in [2.24, 2.45) is 18.4 Å². The number of aromatic nitrogens is 2. The predicted octanol–water partition coefficient (Wildman–Crippen LogP) is 2.10. The highest BCUT2D eigenvalue weighted by Gasteiger charge is 2.56. The van der Waals surface area contributed by atoms with Crippen LogP contribution in [-0.2, 0) is 26.2 Å². The predicted molar refractivity (Wildman–Crippen MR) is 135 cm³/mol. The lowest BCUT2D eigenvalue weighted by molar-refractivity contribution is -0.150. The van der Waals surface area contributed by atoms with Gasteiger partial charge in [-0.1, -0.05) is 39.0 Å². The van der Waals surface area contributed by atoms with Gasteiger partial charge in [0.25, 0.3) is 17.4 Å². The van der Waals surface area contributed by atoms with Gasteiger partial charge in [0.1, 0.15) is 17.8 Å². The number of carbonyl (C=O) groups excluding carboxylic acids is 4. The Labute approximate surface area is 214 Å². The molecule has 0 unspecified atom stereocenters. The van der Waals surface area contributed by atoms with E-state index in [9.17, 15) is 24.0 Å². The lowest BCUT2D eigenvalue weighted by Crippen LogP contribution is -2.54. The Kier molecular flexibility index (Phi) is 6.74. The summed E-state index contributed by atoms with van der Waals surface area (Å²) >= 11 is 0. The van der Waals surface area contributed by atoms with Crippen LogP contribution in [-0.4, -0.2) is 56.8 Å². The fourth-order valence-corrected chi connectivity index (χ4v) is 5.86. The molecule has 198 valence electrons. The minimum Gasteiger partial charge on any atom is -0.454 e. The number of hydrogen-bond donors (Lipinski definition) is 2. The van der Waals surface area contributed by atoms with Gasteiger partial charge in [0.15, 0.2) is 6.61 Å². The van der Waals surface area contributed by atoms with Crippen LogP contribution in [0.4, 0.5) is 10.5 Å². The van der Waals surface area contributed by atoms with Gasteiger partial charge in [-0.3, -0.25) is 28.8 Å². The molecule has 11 nitrogen and oxygen atoms in total. The topological polar surface area (TPSA) is 132 Å². The van der Waals surface area contributed by atoms with E-state index in [1.807, 2.05) is 13.0 Å². The first kappa shape index (κ1) is 26.2. The Hall–Kier alpha value is -3.89. The smallest absolute Gasteiger partial charge is 0.326 e. The van der Waals surface area contributed by atoms with Gasteiger partial charge in [-0.15, -0.1) is 0 Å². The molecule has 2 aliphatic rings. The number of urea groups is 1. The van der Waals surface area contributed by atoms with Gasteiger partial charge in [-0.05, 0) is 49.7 Å². The third-order valence-electron chi connectivity index (χ3n) is 7.09. The molecule has 2 heterocycles. The molecule has 1 aromatic carbocycles. The number of amides is 4. The zero-order valence-electron chi connectivity index (χ0n) is 21.8. The van der Waals surface area contributed by atoms with Crippen molar-refractivity contribution < 1.29 is 23.9 Å². The van der Waals surface area contributed by atoms with Gasteiger partial charge in [0, 0.05) is 7.05 Å². The molecule has 4 rings (SSSR count). The average molecular weight is 512 g/mol. The maximum Gasteiger partial charge on any atom is 0.326 e. The number of nitrogens with zero attached hydrogens (tertiary/aromatic N) is 3. The standard InChI is InChI=1S/C26H33N5O6/c1-16-11-25(3,4)15-26(12-16)23(35)30(24(36)28-26)13-20(33)37-14-19(32)27-21-17(2)29(5)31(22(21)34)18-9-7-6-8-10-18/h6-10,16H,11-15H2,1-5H3,(H,27,32)(H,28,36)/t16-,26+/m0/s1. The zero-order chi connectivity index (χ0) is 27.1. The second kappa shape index (κ2) is 9.53. The van der Waals surface area contributed by atoms with Gasteiger partial charge in [-0.2, -0.15) is 0 Å². The second-order valence-electron chi connectivity index (χ2n) is 10.9. The van der Waals surface area contributed by atoms with Crippen LogP contribution in [0.15, 0.2) is 35.1 Å². The van der Waals surface area contributed by atoms with E-state index >= 15 is 0 Å². The molecule has 0 bridgehead atoms. The fraction of sp³-hybridized carbons (Fsp3) is 0.500. The quantitative estimate of drug-likeness (QED) is 0.451. The number of hydrogen-bond acceptors (Lipinski definition) is 6. The molecule has 2 fully saturated rings. The fourth-order valence-electron chi connectivity index (χ4n) is 5.86. The lowest BCUT2D eigenvalue weighted by Gasteiger charge is -2.43. The minimum absolute atomic E-state index is 0.0671. The van der Waals surface area contributed by atoms with Crippen LogP contribution in [0.1, 0.15) is 45.7 Å². The van der Waals surface area contributed by atoms with Crippen molar-refractivity contribution in [1.29, 1.82) is 0 Å². The Morgan fingerprint density at radius 3 is 2.46 bits per heavy atom. The van der Waals surface area contributed by atoms with Crippen molar-refractivity contribution in [1.82, 2.24) is 19.6 Å². The van der Waals surface area contributed by atoms with E-state index in [0.29, 0.717) is 24.2 Å². The van der Waals surface area contributed by atoms with Gasteiger partial charge in [0.2, 0.25) is 0 Å². The molecule has 1 spiro atoms.